The molecule has 2 aliphatic rings. The van der Waals surface area contributed by atoms with Gasteiger partial charge >= 0.3 is 0 Å². The number of hydrogen-bond donors (Lipinski definition) is 0. The molecule has 45 heavy (non-hydrogen) atoms. The Labute approximate surface area is 266 Å². The maximum atomic E-state index is 2.38. The molecule has 1 unspecified atom stereocenters. The Hall–Kier alpha value is -5.11. The highest BCUT2D eigenvalue weighted by molar-refractivity contribution is 8.04. The average molecular weight is 589 g/mol. The Bertz CT molecular complexity index is 2600. The lowest BCUT2D eigenvalue weighted by Gasteiger charge is -2.19. The van der Waals surface area contributed by atoms with Crippen molar-refractivity contribution in [2.45, 2.75) is 17.2 Å². The topological polar surface area (TPSA) is 0 Å². The minimum Gasteiger partial charge on any atom is -0.0923 e. The number of allylic oxidation sites excluding steroid dienone is 4. The number of fused-ring (bicyclic) bond motifs is 11. The fourth-order valence-corrected chi connectivity index (χ4v) is 9.19. The molecule has 0 N–H and O–H groups in total. The summed E-state index contributed by atoms with van der Waals surface area (Å²) in [5.74, 6) is 0.453. The third-order valence-corrected chi connectivity index (χ3v) is 11.3. The number of rotatable bonds is 2. The second kappa shape index (κ2) is 9.69. The molecule has 0 amide bonds. The highest BCUT2D eigenvalue weighted by Gasteiger charge is 2.32. The molecule has 8 aromatic carbocycles. The van der Waals surface area contributed by atoms with Crippen LogP contribution in [0.2, 0.25) is 0 Å². The second-order valence-electron chi connectivity index (χ2n) is 12.4. The molecule has 210 valence electrons. The molecule has 0 bridgehead atoms. The van der Waals surface area contributed by atoms with Crippen molar-refractivity contribution in [2.75, 3.05) is 0 Å². The lowest BCUT2D eigenvalue weighted by molar-refractivity contribution is 0.844. The zero-order chi connectivity index (χ0) is 29.5. The summed E-state index contributed by atoms with van der Waals surface area (Å²) in [7, 11) is 0. The first-order valence-corrected chi connectivity index (χ1v) is 16.6. The summed E-state index contributed by atoms with van der Waals surface area (Å²) in [6.45, 7) is 0. The minimum absolute atomic E-state index is 0.453. The molecule has 0 saturated carbocycles. The van der Waals surface area contributed by atoms with Crippen molar-refractivity contribution in [3.05, 3.63) is 168 Å². The summed E-state index contributed by atoms with van der Waals surface area (Å²) in [6.07, 6.45) is 5.80. The minimum atomic E-state index is 0.453. The van der Waals surface area contributed by atoms with Crippen LogP contribution in [0, 0.1) is 0 Å². The quantitative estimate of drug-likeness (QED) is 0.181. The van der Waals surface area contributed by atoms with Crippen molar-refractivity contribution in [1.29, 1.82) is 0 Å². The molecule has 1 heterocycles. The summed E-state index contributed by atoms with van der Waals surface area (Å²) < 4.78 is 0. The molecular weight excluding hydrogens is 561 g/mol. The van der Waals surface area contributed by atoms with E-state index < -0.39 is 0 Å². The zero-order valence-electron chi connectivity index (χ0n) is 24.6. The Morgan fingerprint density at radius 2 is 1.02 bits per heavy atom. The summed E-state index contributed by atoms with van der Waals surface area (Å²) in [5.41, 5.74) is 6.67. The first-order valence-electron chi connectivity index (χ1n) is 15.8. The molecule has 1 heteroatoms. The average Bonchev–Trinajstić information content (AvgIpc) is 3.50. The van der Waals surface area contributed by atoms with Crippen LogP contribution in [-0.4, -0.2) is 0 Å². The van der Waals surface area contributed by atoms with Gasteiger partial charge in [0.05, 0.1) is 0 Å². The summed E-state index contributed by atoms with van der Waals surface area (Å²) >= 11 is 1.99. The molecule has 10 rings (SSSR count). The van der Waals surface area contributed by atoms with E-state index in [-0.39, 0.29) is 0 Å². The van der Waals surface area contributed by atoms with Gasteiger partial charge in [0.25, 0.3) is 0 Å². The van der Waals surface area contributed by atoms with Crippen molar-refractivity contribution in [3.8, 4) is 11.1 Å². The van der Waals surface area contributed by atoms with E-state index in [1.54, 1.807) is 0 Å². The number of benzene rings is 8. The molecule has 1 aliphatic heterocycles. The van der Waals surface area contributed by atoms with E-state index in [9.17, 15) is 0 Å². The Kier molecular flexibility index (Phi) is 5.44. The predicted octanol–water partition coefficient (Wildman–Crippen LogP) is 12.7. The molecule has 0 nitrogen and oxygen atoms in total. The molecular formula is C44H28S. The van der Waals surface area contributed by atoms with Crippen molar-refractivity contribution >= 4 is 71.2 Å². The fraction of sp³-hybridized carbons (Fsp3) is 0.0455. The van der Waals surface area contributed by atoms with Crippen LogP contribution in [0.25, 0.3) is 70.6 Å². The smallest absolute Gasteiger partial charge is 0.0236 e. The lowest BCUT2D eigenvalue weighted by atomic mass is 9.86. The summed E-state index contributed by atoms with van der Waals surface area (Å²) in [4.78, 5) is 2.94. The van der Waals surface area contributed by atoms with Crippen LogP contribution < -0.4 is 0 Å². The van der Waals surface area contributed by atoms with Crippen molar-refractivity contribution in [2.24, 2.45) is 0 Å². The van der Waals surface area contributed by atoms with Crippen LogP contribution in [0.15, 0.2) is 161 Å². The van der Waals surface area contributed by atoms with Crippen molar-refractivity contribution < 1.29 is 0 Å². The van der Waals surface area contributed by atoms with Gasteiger partial charge in [-0.1, -0.05) is 145 Å². The first-order chi connectivity index (χ1) is 22.3. The number of thioether (sulfide) groups is 1. The van der Waals surface area contributed by atoms with E-state index in [1.165, 1.54) is 91.5 Å². The van der Waals surface area contributed by atoms with E-state index >= 15 is 0 Å². The molecule has 1 atom stereocenters. The molecule has 0 aromatic heterocycles. The summed E-state index contributed by atoms with van der Waals surface area (Å²) in [6, 6.07) is 52.1. The van der Waals surface area contributed by atoms with Gasteiger partial charge in [-0.2, -0.15) is 0 Å². The van der Waals surface area contributed by atoms with Gasteiger partial charge in [-0.3, -0.25) is 0 Å². The normalized spacial score (nSPS) is 15.9. The van der Waals surface area contributed by atoms with Gasteiger partial charge in [-0.05, 0) is 106 Å². The third kappa shape index (κ3) is 3.87. The second-order valence-corrected chi connectivity index (χ2v) is 13.5. The number of hydrogen-bond acceptors (Lipinski definition) is 1. The van der Waals surface area contributed by atoms with E-state index in [0.29, 0.717) is 5.92 Å². The third-order valence-electron chi connectivity index (χ3n) is 9.96. The summed E-state index contributed by atoms with van der Waals surface area (Å²) in [5, 5.41) is 13.1. The molecule has 0 fully saturated rings. The lowest BCUT2D eigenvalue weighted by Crippen LogP contribution is -2.01. The van der Waals surface area contributed by atoms with Crippen molar-refractivity contribution in [1.82, 2.24) is 0 Å². The van der Waals surface area contributed by atoms with E-state index in [0.717, 1.165) is 6.42 Å². The van der Waals surface area contributed by atoms with Gasteiger partial charge in [0.1, 0.15) is 0 Å². The molecule has 0 spiro atoms. The van der Waals surface area contributed by atoms with Gasteiger partial charge < -0.3 is 0 Å². The standard InChI is InChI=1S/C44H28S/c1-3-8-35-27(6-1)18-22-39-38(35)21-19-29-12-13-33(26-42(29)39)31-14-15-32-25-34(17-16-30(32)24-31)37-10-5-11-40-41-23-20-28-7-2-4-9-36(28)43(41)45-44(37)40/h1-10,12-26,40H,11H2. The first kappa shape index (κ1) is 25.2. The Morgan fingerprint density at radius 3 is 1.84 bits per heavy atom. The van der Waals surface area contributed by atoms with E-state index in [2.05, 4.69) is 152 Å². The van der Waals surface area contributed by atoms with Gasteiger partial charge in [0, 0.05) is 15.7 Å². The monoisotopic (exact) mass is 588 g/mol. The highest BCUT2D eigenvalue weighted by Crippen LogP contribution is 2.56. The zero-order valence-corrected chi connectivity index (χ0v) is 25.4. The Morgan fingerprint density at radius 1 is 0.444 bits per heavy atom. The fourth-order valence-electron chi connectivity index (χ4n) is 7.68. The SMILES string of the molecule is C1=CC(c2ccc3cc(-c4ccc5ccc6c7ccccc7ccc6c5c4)ccc3c2)=C2Sc3c(ccc4ccccc34)C2C1. The van der Waals surface area contributed by atoms with Gasteiger partial charge in [-0.25, -0.2) is 0 Å². The molecule has 1 aliphatic carbocycles. The molecule has 8 aromatic rings. The largest absolute Gasteiger partial charge is 0.0923 e. The Balaban J connectivity index is 1.05. The highest BCUT2D eigenvalue weighted by atomic mass is 32.2. The maximum absolute atomic E-state index is 2.38. The maximum Gasteiger partial charge on any atom is 0.0236 e. The van der Waals surface area contributed by atoms with Crippen molar-refractivity contribution in [3.63, 3.8) is 0 Å². The van der Waals surface area contributed by atoms with Crippen LogP contribution in [-0.2, 0) is 0 Å². The molecule has 0 saturated heterocycles. The predicted molar refractivity (Wildman–Crippen MR) is 195 cm³/mol. The van der Waals surface area contributed by atoms with E-state index in [1.807, 2.05) is 11.8 Å². The van der Waals surface area contributed by atoms with Gasteiger partial charge in [0.15, 0.2) is 0 Å². The molecule has 0 radical (unpaired) electrons. The van der Waals surface area contributed by atoms with E-state index in [4.69, 9.17) is 0 Å². The van der Waals surface area contributed by atoms with Crippen LogP contribution in [0.5, 0.6) is 0 Å². The van der Waals surface area contributed by atoms with Gasteiger partial charge in [0.2, 0.25) is 0 Å². The van der Waals surface area contributed by atoms with Crippen LogP contribution in [0.4, 0.5) is 0 Å². The van der Waals surface area contributed by atoms with Gasteiger partial charge in [-0.15, -0.1) is 0 Å². The van der Waals surface area contributed by atoms with Crippen LogP contribution in [0.1, 0.15) is 23.5 Å². The van der Waals surface area contributed by atoms with Crippen LogP contribution >= 0.6 is 11.8 Å². The van der Waals surface area contributed by atoms with Crippen LogP contribution in [0.3, 0.4) is 0 Å².